The fourth-order valence-electron chi connectivity index (χ4n) is 1.42. The van der Waals surface area contributed by atoms with Crippen molar-refractivity contribution in [3.8, 4) is 6.07 Å². The third-order valence-corrected chi connectivity index (χ3v) is 2.02. The van der Waals surface area contributed by atoms with Crippen molar-refractivity contribution in [3.63, 3.8) is 0 Å². The van der Waals surface area contributed by atoms with Crippen LogP contribution in [0.5, 0.6) is 0 Å². The van der Waals surface area contributed by atoms with Crippen LogP contribution in [-0.4, -0.2) is 16.3 Å². The molecule has 0 saturated heterocycles. The molecule has 4 heteroatoms. The number of hydrogen-bond donors (Lipinski definition) is 1. The third kappa shape index (κ3) is 1.25. The quantitative estimate of drug-likeness (QED) is 0.719. The SMILES string of the molecule is N#CCc1cc(C=O)c2nc[nH]c2c1. The van der Waals surface area contributed by atoms with Crippen molar-refractivity contribution in [2.24, 2.45) is 0 Å². The molecule has 1 heterocycles. The molecular weight excluding hydrogens is 178 g/mol. The molecule has 2 rings (SSSR count). The van der Waals surface area contributed by atoms with Crippen LogP contribution in [0.4, 0.5) is 0 Å². The largest absolute Gasteiger partial charge is 0.345 e. The molecular formula is C10H7N3O. The van der Waals surface area contributed by atoms with Gasteiger partial charge < -0.3 is 4.98 Å². The molecule has 0 aliphatic rings. The van der Waals surface area contributed by atoms with Crippen molar-refractivity contribution in [1.29, 1.82) is 5.26 Å². The van der Waals surface area contributed by atoms with Crippen molar-refractivity contribution in [2.45, 2.75) is 6.42 Å². The minimum absolute atomic E-state index is 0.301. The number of aldehydes is 1. The van der Waals surface area contributed by atoms with Crippen LogP contribution in [0.2, 0.25) is 0 Å². The van der Waals surface area contributed by atoms with E-state index in [1.807, 2.05) is 12.1 Å². The number of nitriles is 1. The summed E-state index contributed by atoms with van der Waals surface area (Å²) in [5.74, 6) is 0. The monoisotopic (exact) mass is 185 g/mol. The molecule has 0 unspecified atom stereocenters. The minimum Gasteiger partial charge on any atom is -0.345 e. The number of nitrogens with zero attached hydrogens (tertiary/aromatic N) is 2. The first-order valence-electron chi connectivity index (χ1n) is 4.13. The molecule has 0 aliphatic heterocycles. The summed E-state index contributed by atoms with van der Waals surface area (Å²) < 4.78 is 0. The van der Waals surface area contributed by atoms with Crippen molar-refractivity contribution in [3.05, 3.63) is 29.6 Å². The number of benzene rings is 1. The van der Waals surface area contributed by atoms with E-state index >= 15 is 0 Å². The Labute approximate surface area is 80.2 Å². The molecule has 1 aromatic heterocycles. The first-order valence-corrected chi connectivity index (χ1v) is 4.13. The second-order valence-electron chi connectivity index (χ2n) is 2.94. The van der Waals surface area contributed by atoms with Gasteiger partial charge in [0, 0.05) is 5.56 Å². The summed E-state index contributed by atoms with van der Waals surface area (Å²) in [6.07, 6.45) is 2.59. The van der Waals surface area contributed by atoms with E-state index in [1.165, 1.54) is 6.33 Å². The standard InChI is InChI=1S/C10H7N3O/c11-2-1-7-3-8(5-14)10-9(4-7)12-6-13-10/h3-6H,1H2,(H,12,13). The van der Waals surface area contributed by atoms with Crippen molar-refractivity contribution >= 4 is 17.3 Å². The zero-order chi connectivity index (χ0) is 9.97. The van der Waals surface area contributed by atoms with E-state index in [9.17, 15) is 4.79 Å². The maximum absolute atomic E-state index is 10.7. The van der Waals surface area contributed by atoms with E-state index in [4.69, 9.17) is 5.26 Å². The topological polar surface area (TPSA) is 69.5 Å². The maximum atomic E-state index is 10.7. The molecule has 1 aromatic carbocycles. The summed E-state index contributed by atoms with van der Waals surface area (Å²) >= 11 is 0. The second kappa shape index (κ2) is 3.30. The number of aromatic nitrogens is 2. The molecule has 0 saturated carbocycles. The number of hydrogen-bond acceptors (Lipinski definition) is 3. The Balaban J connectivity index is 2.68. The van der Waals surface area contributed by atoms with Crippen LogP contribution in [0.25, 0.3) is 11.0 Å². The van der Waals surface area contributed by atoms with Crippen molar-refractivity contribution in [1.82, 2.24) is 9.97 Å². The Morgan fingerprint density at radius 2 is 2.43 bits per heavy atom. The zero-order valence-corrected chi connectivity index (χ0v) is 7.32. The van der Waals surface area contributed by atoms with Gasteiger partial charge in [-0.3, -0.25) is 4.79 Å². The van der Waals surface area contributed by atoms with Gasteiger partial charge in [0.15, 0.2) is 6.29 Å². The van der Waals surface area contributed by atoms with Gasteiger partial charge in [-0.05, 0) is 17.7 Å². The number of fused-ring (bicyclic) bond motifs is 1. The van der Waals surface area contributed by atoms with E-state index in [1.54, 1.807) is 6.07 Å². The molecule has 1 N–H and O–H groups in total. The van der Waals surface area contributed by atoms with E-state index < -0.39 is 0 Å². The lowest BCUT2D eigenvalue weighted by molar-refractivity contribution is 0.112. The number of aromatic amines is 1. The molecule has 0 radical (unpaired) electrons. The number of imidazole rings is 1. The van der Waals surface area contributed by atoms with Crippen LogP contribution >= 0.6 is 0 Å². The molecule has 68 valence electrons. The van der Waals surface area contributed by atoms with Gasteiger partial charge in [-0.1, -0.05) is 0 Å². The van der Waals surface area contributed by atoms with E-state index in [0.29, 0.717) is 17.5 Å². The number of rotatable bonds is 2. The number of carbonyl (C=O) groups is 1. The van der Waals surface area contributed by atoms with Gasteiger partial charge in [-0.15, -0.1) is 0 Å². The van der Waals surface area contributed by atoms with Crippen LogP contribution in [-0.2, 0) is 6.42 Å². The summed E-state index contributed by atoms with van der Waals surface area (Å²) in [5, 5.41) is 8.54. The lowest BCUT2D eigenvalue weighted by Gasteiger charge is -1.97. The highest BCUT2D eigenvalue weighted by atomic mass is 16.1. The summed E-state index contributed by atoms with van der Waals surface area (Å²) in [6.45, 7) is 0. The molecule has 0 amide bonds. The zero-order valence-electron chi connectivity index (χ0n) is 7.32. The van der Waals surface area contributed by atoms with Gasteiger partial charge in [0.25, 0.3) is 0 Å². The lowest BCUT2D eigenvalue weighted by Crippen LogP contribution is -1.88. The van der Waals surface area contributed by atoms with Crippen LogP contribution in [0.1, 0.15) is 15.9 Å². The van der Waals surface area contributed by atoms with Crippen LogP contribution < -0.4 is 0 Å². The Kier molecular flexibility index (Phi) is 1.99. The van der Waals surface area contributed by atoms with Crippen LogP contribution in [0.3, 0.4) is 0 Å². The average Bonchev–Trinajstić information content (AvgIpc) is 2.65. The fraction of sp³-hybridized carbons (Fsp3) is 0.100. The minimum atomic E-state index is 0.301. The molecule has 0 atom stereocenters. The summed E-state index contributed by atoms with van der Waals surface area (Å²) in [7, 11) is 0. The van der Waals surface area contributed by atoms with Gasteiger partial charge in [0.2, 0.25) is 0 Å². The molecule has 0 aliphatic carbocycles. The van der Waals surface area contributed by atoms with Crippen LogP contribution in [0.15, 0.2) is 18.5 Å². The van der Waals surface area contributed by atoms with Crippen molar-refractivity contribution < 1.29 is 4.79 Å². The molecule has 2 aromatic rings. The molecule has 4 nitrogen and oxygen atoms in total. The normalized spacial score (nSPS) is 9.93. The molecule has 0 spiro atoms. The number of nitrogens with one attached hydrogen (secondary N) is 1. The second-order valence-corrected chi connectivity index (χ2v) is 2.94. The maximum Gasteiger partial charge on any atom is 0.152 e. The Bertz CT molecular complexity index is 522. The van der Waals surface area contributed by atoms with Gasteiger partial charge in [0.1, 0.15) is 0 Å². The molecule has 0 fully saturated rings. The summed E-state index contributed by atoms with van der Waals surface area (Å²) in [4.78, 5) is 17.7. The highest BCUT2D eigenvalue weighted by Crippen LogP contribution is 2.16. The van der Waals surface area contributed by atoms with E-state index in [-0.39, 0.29) is 0 Å². The summed E-state index contributed by atoms with van der Waals surface area (Å²) in [5.41, 5.74) is 2.79. The van der Waals surface area contributed by atoms with Gasteiger partial charge >= 0.3 is 0 Å². The number of carbonyl (C=O) groups excluding carboxylic acids is 1. The Morgan fingerprint density at radius 3 is 3.14 bits per heavy atom. The first-order chi connectivity index (χ1) is 6.85. The summed E-state index contributed by atoms with van der Waals surface area (Å²) in [6, 6.07) is 5.57. The van der Waals surface area contributed by atoms with E-state index in [2.05, 4.69) is 9.97 Å². The Hall–Kier alpha value is -2.15. The van der Waals surface area contributed by atoms with Gasteiger partial charge in [0.05, 0.1) is 29.9 Å². The molecule has 0 bridgehead atoms. The fourth-order valence-corrected chi connectivity index (χ4v) is 1.42. The van der Waals surface area contributed by atoms with Crippen LogP contribution in [0, 0.1) is 11.3 Å². The number of H-pyrrole nitrogens is 1. The smallest absolute Gasteiger partial charge is 0.152 e. The molecule has 14 heavy (non-hydrogen) atoms. The van der Waals surface area contributed by atoms with Crippen molar-refractivity contribution in [2.75, 3.05) is 0 Å². The predicted octanol–water partition coefficient (Wildman–Crippen LogP) is 1.44. The Morgan fingerprint density at radius 1 is 1.57 bits per heavy atom. The van der Waals surface area contributed by atoms with E-state index in [0.717, 1.165) is 17.4 Å². The lowest BCUT2D eigenvalue weighted by atomic mass is 10.1. The average molecular weight is 185 g/mol. The third-order valence-electron chi connectivity index (χ3n) is 2.02. The highest BCUT2D eigenvalue weighted by Gasteiger charge is 2.05. The van der Waals surface area contributed by atoms with Gasteiger partial charge in [-0.25, -0.2) is 4.98 Å². The first kappa shape index (κ1) is 8.45. The predicted molar refractivity (Wildman–Crippen MR) is 50.8 cm³/mol. The highest BCUT2D eigenvalue weighted by molar-refractivity contribution is 5.94. The van der Waals surface area contributed by atoms with Gasteiger partial charge in [-0.2, -0.15) is 5.26 Å².